The van der Waals surface area contributed by atoms with Crippen LogP contribution in [0.4, 0.5) is 0 Å². The molecule has 9 N–H and O–H groups in total. The van der Waals surface area contributed by atoms with Crippen molar-refractivity contribution in [3.63, 3.8) is 0 Å². The van der Waals surface area contributed by atoms with E-state index in [2.05, 4.69) is 0 Å². The van der Waals surface area contributed by atoms with Crippen LogP contribution in [-0.4, -0.2) is 115 Å². The number of hydrogen-bond donors (Lipinski definition) is 9. The molecule has 0 aromatic heterocycles. The summed E-state index contributed by atoms with van der Waals surface area (Å²) in [5, 5.41) is 83.2. The van der Waals surface area contributed by atoms with Gasteiger partial charge >= 0.3 is 0 Å². The average molecular weight is 335 g/mol. The summed E-state index contributed by atoms with van der Waals surface area (Å²) < 4.78 is 0. The molecule has 0 atom stereocenters. The Morgan fingerprint density at radius 3 is 0.955 bits per heavy atom. The van der Waals surface area contributed by atoms with Crippen molar-refractivity contribution in [3.8, 4) is 0 Å². The van der Waals surface area contributed by atoms with Gasteiger partial charge in [0.05, 0.1) is 26.4 Å². The van der Waals surface area contributed by atoms with Gasteiger partial charge in [0.15, 0.2) is 0 Å². The number of aliphatic hydroxyl groups excluding tert-OH is 9. The lowest BCUT2D eigenvalue weighted by Crippen LogP contribution is -2.49. The van der Waals surface area contributed by atoms with E-state index >= 15 is 0 Å². The van der Waals surface area contributed by atoms with Crippen molar-refractivity contribution in [2.45, 2.75) is 17.7 Å². The van der Waals surface area contributed by atoms with Crippen molar-refractivity contribution in [2.24, 2.45) is 0 Å². The summed E-state index contributed by atoms with van der Waals surface area (Å²) in [5.41, 5.74) is -1.99. The summed E-state index contributed by atoms with van der Waals surface area (Å²) in [6, 6.07) is 0. The molecule has 0 heterocycles. The van der Waals surface area contributed by atoms with Crippen LogP contribution >= 0.6 is 0 Å². The Hall–Kier alpha value is -0.960. The molecule has 12 nitrogen and oxygen atoms in total. The van der Waals surface area contributed by atoms with E-state index in [9.17, 15) is 10.1 Å². The molecule has 0 rings (SSSR count). The fraction of sp³-hybridized carbons (Fsp3) is 1.00. The lowest BCUT2D eigenvalue weighted by atomic mass is 10.1. The summed E-state index contributed by atoms with van der Waals surface area (Å²) in [7, 11) is 0. The molecule has 0 aromatic rings. The van der Waals surface area contributed by atoms with Crippen LogP contribution < -0.4 is 0 Å². The summed E-state index contributed by atoms with van der Waals surface area (Å²) in [4.78, 5) is 9.14. The van der Waals surface area contributed by atoms with Crippen LogP contribution in [0.5, 0.6) is 0 Å². The van der Waals surface area contributed by atoms with Gasteiger partial charge in [-0.25, -0.2) is 0 Å². The molecule has 12 heteroatoms. The van der Waals surface area contributed by atoms with E-state index in [0.29, 0.717) is 0 Å². The van der Waals surface area contributed by atoms with Gasteiger partial charge in [0.25, 0.3) is 5.54 Å². The fourth-order valence-electron chi connectivity index (χ4n) is 0.439. The first-order valence-electron chi connectivity index (χ1n) is 6.01. The molecule has 0 aliphatic rings. The van der Waals surface area contributed by atoms with Crippen molar-refractivity contribution in [2.75, 3.05) is 46.2 Å². The van der Waals surface area contributed by atoms with Crippen LogP contribution in [0.3, 0.4) is 0 Å². The molecular formula is C10H25NO11. The third kappa shape index (κ3) is 12.8. The van der Waals surface area contributed by atoms with Gasteiger partial charge in [-0.3, -0.25) is 10.1 Å². The van der Waals surface area contributed by atoms with Gasteiger partial charge in [-0.1, -0.05) is 0 Å². The highest BCUT2D eigenvalue weighted by Gasteiger charge is 2.41. The van der Waals surface area contributed by atoms with Crippen molar-refractivity contribution >= 4 is 0 Å². The third-order valence-electron chi connectivity index (χ3n) is 2.11. The van der Waals surface area contributed by atoms with Gasteiger partial charge < -0.3 is 46.0 Å². The van der Waals surface area contributed by atoms with Crippen molar-refractivity contribution in [3.05, 3.63) is 10.1 Å². The Balaban J connectivity index is -0.000000261. The minimum absolute atomic E-state index is 0.365. The van der Waals surface area contributed by atoms with Gasteiger partial charge in [0.1, 0.15) is 32.0 Å². The zero-order chi connectivity index (χ0) is 18.2. The zero-order valence-corrected chi connectivity index (χ0v) is 11.9. The normalized spacial score (nSPS) is 10.7. The molecule has 0 amide bonds. The number of rotatable bonds is 8. The summed E-state index contributed by atoms with van der Waals surface area (Å²) in [5.74, 6) is 0. The first-order chi connectivity index (χ1) is 10.2. The van der Waals surface area contributed by atoms with E-state index < -0.39 is 42.5 Å². The predicted molar refractivity (Wildman–Crippen MR) is 71.3 cm³/mol. The molecule has 0 aliphatic carbocycles. The first kappa shape index (κ1) is 26.0. The Kier molecular flexibility index (Phi) is 19.4. The van der Waals surface area contributed by atoms with Crippen LogP contribution in [0.15, 0.2) is 0 Å². The van der Waals surface area contributed by atoms with Gasteiger partial charge in [0, 0.05) is 4.92 Å². The highest BCUT2D eigenvalue weighted by atomic mass is 16.6. The topological polar surface area (TPSA) is 225 Å². The molecule has 0 bridgehead atoms. The van der Waals surface area contributed by atoms with E-state index in [0.717, 1.165) is 0 Å². The smallest absolute Gasteiger partial charge is 0.289 e. The Morgan fingerprint density at radius 2 is 0.955 bits per heavy atom. The van der Waals surface area contributed by atoms with Gasteiger partial charge in [0.2, 0.25) is 0 Å². The molecule has 0 saturated carbocycles. The van der Waals surface area contributed by atoms with Crippen LogP contribution in [0.2, 0.25) is 0 Å². The van der Waals surface area contributed by atoms with Gasteiger partial charge in [-0.2, -0.15) is 0 Å². The average Bonchev–Trinajstić information content (AvgIpc) is 2.56. The van der Waals surface area contributed by atoms with Crippen molar-refractivity contribution in [1.82, 2.24) is 0 Å². The lowest BCUT2D eigenvalue weighted by molar-refractivity contribution is -0.580. The monoisotopic (exact) mass is 335 g/mol. The molecule has 0 radical (unpaired) electrons. The largest absolute Gasteiger partial charge is 0.394 e. The molecule has 0 spiro atoms. The maximum Gasteiger partial charge on any atom is 0.289 e. The van der Waals surface area contributed by atoms with Crippen LogP contribution in [0, 0.1) is 10.1 Å². The number of nitro groups is 1. The van der Waals surface area contributed by atoms with Gasteiger partial charge in [-0.05, 0) is 0 Å². The van der Waals surface area contributed by atoms with E-state index in [1.54, 1.807) is 0 Å². The van der Waals surface area contributed by atoms with Crippen LogP contribution in [0.1, 0.15) is 0 Å². The lowest BCUT2D eigenvalue weighted by Gasteiger charge is -2.16. The Morgan fingerprint density at radius 1 is 0.727 bits per heavy atom. The molecule has 0 unspecified atom stereocenters. The maximum absolute atomic E-state index is 10.0. The highest BCUT2D eigenvalue weighted by molar-refractivity contribution is 4.75. The zero-order valence-electron chi connectivity index (χ0n) is 11.9. The molecule has 22 heavy (non-hydrogen) atoms. The summed E-state index contributed by atoms with van der Waals surface area (Å²) >= 11 is 0. The maximum atomic E-state index is 10.0. The fourth-order valence-corrected chi connectivity index (χ4v) is 0.439. The van der Waals surface area contributed by atoms with E-state index in [4.69, 9.17) is 46.0 Å². The van der Waals surface area contributed by atoms with Crippen molar-refractivity contribution in [1.29, 1.82) is 0 Å². The Bertz CT molecular complexity index is 223. The Labute approximate surface area is 126 Å². The minimum atomic E-state index is -1.99. The van der Waals surface area contributed by atoms with E-state index in [1.165, 1.54) is 0 Å². The quantitative estimate of drug-likeness (QED) is 0.150. The molecule has 136 valence electrons. The van der Waals surface area contributed by atoms with Crippen molar-refractivity contribution < 1.29 is 50.9 Å². The van der Waals surface area contributed by atoms with Gasteiger partial charge in [-0.15, -0.1) is 0 Å². The molecular weight excluding hydrogens is 310 g/mol. The SMILES string of the molecule is O=[N+]([O-])C(CO)(CO)CO.OCC(O)CO.OCC(O)CO. The number of hydrogen-bond acceptors (Lipinski definition) is 11. The second kappa shape index (κ2) is 16.4. The van der Waals surface area contributed by atoms with Crippen LogP contribution in [0.25, 0.3) is 0 Å². The number of nitrogens with zero attached hydrogens (tertiary/aromatic N) is 1. The molecule has 0 aromatic carbocycles. The predicted octanol–water partition coefficient (Wildman–Crippen LogP) is -5.36. The minimum Gasteiger partial charge on any atom is -0.394 e. The molecule has 0 saturated heterocycles. The van der Waals surface area contributed by atoms with Crippen LogP contribution in [-0.2, 0) is 0 Å². The summed E-state index contributed by atoms with van der Waals surface area (Å²) in [6.45, 7) is -4.06. The summed E-state index contributed by atoms with van der Waals surface area (Å²) in [6.07, 6.45) is -1.91. The highest BCUT2D eigenvalue weighted by Crippen LogP contribution is 2.05. The van der Waals surface area contributed by atoms with E-state index in [1.807, 2.05) is 0 Å². The number of aliphatic hydroxyl groups is 9. The first-order valence-corrected chi connectivity index (χ1v) is 6.01. The standard InChI is InChI=1S/C4H9NO5.2C3H8O3/c6-1-4(2-7,3-8)5(9)10;2*4-1-3(6)2-5/h6-8H,1-3H2;2*3-6H,1-2H2. The molecule has 0 fully saturated rings. The second-order valence-corrected chi connectivity index (χ2v) is 3.99. The third-order valence-corrected chi connectivity index (χ3v) is 2.11. The second-order valence-electron chi connectivity index (χ2n) is 3.99. The van der Waals surface area contributed by atoms with E-state index in [-0.39, 0.29) is 26.4 Å². The molecule has 0 aliphatic heterocycles.